The average molecular weight is 454 g/mol. The molecule has 6 nitrogen and oxygen atoms in total. The van der Waals surface area contributed by atoms with Crippen LogP contribution in [0.5, 0.6) is 11.5 Å². The van der Waals surface area contributed by atoms with Crippen molar-refractivity contribution in [2.75, 3.05) is 5.32 Å². The number of benzene rings is 3. The fraction of sp³-hybridized carbons (Fsp3) is 0.179. The van der Waals surface area contributed by atoms with Crippen LogP contribution in [-0.4, -0.2) is 27.1 Å². The second kappa shape index (κ2) is 10.6. The summed E-state index contributed by atoms with van der Waals surface area (Å²) >= 11 is 0. The Morgan fingerprint density at radius 1 is 0.941 bits per heavy atom. The number of rotatable bonds is 8. The fourth-order valence-electron chi connectivity index (χ4n) is 3.54. The van der Waals surface area contributed by atoms with Crippen LogP contribution in [0.4, 0.5) is 5.82 Å². The van der Waals surface area contributed by atoms with Crippen molar-refractivity contribution >= 4 is 11.7 Å². The quantitative estimate of drug-likeness (QED) is 0.373. The third kappa shape index (κ3) is 6.19. The topological polar surface area (TPSA) is 84.3 Å². The Morgan fingerprint density at radius 3 is 2.32 bits per heavy atom. The van der Waals surface area contributed by atoms with Crippen LogP contribution in [0.3, 0.4) is 0 Å². The molecule has 0 aliphatic heterocycles. The van der Waals surface area contributed by atoms with Crippen LogP contribution in [0.15, 0.2) is 85.1 Å². The molecule has 6 heteroatoms. The number of aromatic nitrogens is 2. The van der Waals surface area contributed by atoms with Gasteiger partial charge in [0.15, 0.2) is 5.82 Å². The molecule has 4 aromatic rings. The Bertz CT molecular complexity index is 1240. The minimum Gasteiger partial charge on any atom is -0.508 e. The van der Waals surface area contributed by atoms with Gasteiger partial charge >= 0.3 is 0 Å². The van der Waals surface area contributed by atoms with E-state index in [1.54, 1.807) is 30.5 Å². The Labute approximate surface area is 199 Å². The molecule has 172 valence electrons. The maximum absolute atomic E-state index is 12.8. The number of carbonyl (C=O) groups is 1. The van der Waals surface area contributed by atoms with Gasteiger partial charge in [0.1, 0.15) is 11.5 Å². The van der Waals surface area contributed by atoms with Gasteiger partial charge in [-0.25, -0.2) is 9.97 Å². The largest absolute Gasteiger partial charge is 0.508 e. The molecule has 1 amide bonds. The van der Waals surface area contributed by atoms with Gasteiger partial charge in [0.2, 0.25) is 5.91 Å². The molecule has 0 saturated heterocycles. The monoisotopic (exact) mass is 453 g/mol. The number of phenols is 1. The molecule has 0 aliphatic carbocycles. The first-order valence-electron chi connectivity index (χ1n) is 11.2. The number of nitrogens with zero attached hydrogens (tertiary/aromatic N) is 2. The molecule has 1 aromatic heterocycles. The van der Waals surface area contributed by atoms with Crippen LogP contribution >= 0.6 is 0 Å². The maximum Gasteiger partial charge on any atom is 0.229 e. The number of anilines is 1. The van der Waals surface area contributed by atoms with Crippen LogP contribution < -0.4 is 10.1 Å². The highest BCUT2D eigenvalue weighted by molar-refractivity contribution is 5.92. The number of phenolic OH excluding ortho intramolecular Hbond substituents is 1. The van der Waals surface area contributed by atoms with E-state index >= 15 is 0 Å². The predicted octanol–water partition coefficient (Wildman–Crippen LogP) is 5.41. The number of nitrogens with one attached hydrogen (secondary N) is 1. The van der Waals surface area contributed by atoms with Gasteiger partial charge in [0.05, 0.1) is 30.1 Å². The van der Waals surface area contributed by atoms with Gasteiger partial charge in [-0.3, -0.25) is 4.79 Å². The molecule has 0 radical (unpaired) electrons. The van der Waals surface area contributed by atoms with E-state index in [-0.39, 0.29) is 24.2 Å². The fourth-order valence-corrected chi connectivity index (χ4v) is 3.54. The molecule has 0 atom stereocenters. The SMILES string of the molecule is CC(C)Oc1ccc(CC(=O)Nc2ncc(-c3ccc(O)cc3)nc2Cc2ccccc2)cc1. The van der Waals surface area contributed by atoms with Gasteiger partial charge < -0.3 is 15.2 Å². The minimum absolute atomic E-state index is 0.0975. The molecular weight excluding hydrogens is 426 g/mol. The Hall–Kier alpha value is -4.19. The highest BCUT2D eigenvalue weighted by atomic mass is 16.5. The van der Waals surface area contributed by atoms with Gasteiger partial charge in [-0.1, -0.05) is 42.5 Å². The molecule has 0 aliphatic rings. The summed E-state index contributed by atoms with van der Waals surface area (Å²) in [5.74, 6) is 1.24. The summed E-state index contributed by atoms with van der Waals surface area (Å²) in [7, 11) is 0. The van der Waals surface area contributed by atoms with Crippen molar-refractivity contribution in [2.24, 2.45) is 0 Å². The van der Waals surface area contributed by atoms with Crippen molar-refractivity contribution in [1.82, 2.24) is 9.97 Å². The molecular formula is C28H27N3O3. The summed E-state index contributed by atoms with van der Waals surface area (Å²) in [6.45, 7) is 3.95. The first kappa shape index (κ1) is 23.0. The number of hydrogen-bond donors (Lipinski definition) is 2. The lowest BCUT2D eigenvalue weighted by atomic mass is 10.1. The van der Waals surface area contributed by atoms with E-state index in [0.717, 1.165) is 22.4 Å². The highest BCUT2D eigenvalue weighted by Gasteiger charge is 2.14. The Balaban J connectivity index is 1.54. The van der Waals surface area contributed by atoms with Crippen molar-refractivity contribution < 1.29 is 14.6 Å². The first-order chi connectivity index (χ1) is 16.5. The Kier molecular flexibility index (Phi) is 7.18. The second-order valence-corrected chi connectivity index (χ2v) is 8.30. The average Bonchev–Trinajstić information content (AvgIpc) is 2.82. The van der Waals surface area contributed by atoms with Crippen molar-refractivity contribution in [3.63, 3.8) is 0 Å². The number of hydrogen-bond acceptors (Lipinski definition) is 5. The number of carbonyl (C=O) groups excluding carboxylic acids is 1. The van der Waals surface area contributed by atoms with Crippen LogP contribution in [0.1, 0.15) is 30.7 Å². The van der Waals surface area contributed by atoms with Gasteiger partial charge in [-0.05, 0) is 61.4 Å². The van der Waals surface area contributed by atoms with Crippen LogP contribution in [0, 0.1) is 0 Å². The molecule has 0 saturated carbocycles. The van der Waals surface area contributed by atoms with Gasteiger partial charge in [0.25, 0.3) is 0 Å². The van der Waals surface area contributed by atoms with Crippen LogP contribution in [-0.2, 0) is 17.6 Å². The van der Waals surface area contributed by atoms with Crippen LogP contribution in [0.25, 0.3) is 11.3 Å². The van der Waals surface area contributed by atoms with E-state index in [0.29, 0.717) is 23.6 Å². The molecule has 4 rings (SSSR count). The van der Waals surface area contributed by atoms with E-state index < -0.39 is 0 Å². The van der Waals surface area contributed by atoms with Crippen molar-refractivity contribution in [2.45, 2.75) is 32.8 Å². The molecule has 0 unspecified atom stereocenters. The van der Waals surface area contributed by atoms with E-state index in [4.69, 9.17) is 9.72 Å². The molecule has 0 bridgehead atoms. The smallest absolute Gasteiger partial charge is 0.229 e. The zero-order valence-electron chi connectivity index (χ0n) is 19.2. The normalized spacial score (nSPS) is 10.8. The number of amides is 1. The zero-order chi connectivity index (χ0) is 23.9. The number of aromatic hydroxyl groups is 1. The van der Waals surface area contributed by atoms with Crippen molar-refractivity contribution in [1.29, 1.82) is 0 Å². The van der Waals surface area contributed by atoms with E-state index in [9.17, 15) is 9.90 Å². The van der Waals surface area contributed by atoms with E-state index in [1.807, 2.05) is 68.4 Å². The second-order valence-electron chi connectivity index (χ2n) is 8.30. The molecule has 3 aromatic carbocycles. The van der Waals surface area contributed by atoms with Crippen LogP contribution in [0.2, 0.25) is 0 Å². The minimum atomic E-state index is -0.168. The van der Waals surface area contributed by atoms with Crippen molar-refractivity contribution in [3.8, 4) is 22.8 Å². The van der Waals surface area contributed by atoms with Crippen molar-refractivity contribution in [3.05, 3.63) is 102 Å². The summed E-state index contributed by atoms with van der Waals surface area (Å²) in [5.41, 5.74) is 4.12. The summed E-state index contributed by atoms with van der Waals surface area (Å²) in [6, 6.07) is 24.3. The first-order valence-corrected chi connectivity index (χ1v) is 11.2. The third-order valence-corrected chi connectivity index (χ3v) is 5.14. The molecule has 34 heavy (non-hydrogen) atoms. The summed E-state index contributed by atoms with van der Waals surface area (Å²) in [4.78, 5) is 22.1. The molecule has 0 fully saturated rings. The standard InChI is InChI=1S/C28H27N3O3/c1-19(2)34-24-14-8-21(9-15-24)17-27(33)31-28-25(16-20-6-4-3-5-7-20)30-26(18-29-28)22-10-12-23(32)13-11-22/h3-15,18-19,32H,16-17H2,1-2H3,(H,29,31,33). The highest BCUT2D eigenvalue weighted by Crippen LogP contribution is 2.24. The third-order valence-electron chi connectivity index (χ3n) is 5.14. The van der Waals surface area contributed by atoms with Gasteiger partial charge in [-0.2, -0.15) is 0 Å². The summed E-state index contributed by atoms with van der Waals surface area (Å²) in [6.07, 6.45) is 2.47. The maximum atomic E-state index is 12.8. The Morgan fingerprint density at radius 2 is 1.65 bits per heavy atom. The van der Waals surface area contributed by atoms with Gasteiger partial charge in [-0.15, -0.1) is 0 Å². The summed E-state index contributed by atoms with van der Waals surface area (Å²) < 4.78 is 5.66. The lowest BCUT2D eigenvalue weighted by Crippen LogP contribution is -2.17. The predicted molar refractivity (Wildman–Crippen MR) is 133 cm³/mol. The lowest BCUT2D eigenvalue weighted by Gasteiger charge is -2.12. The molecule has 0 spiro atoms. The molecule has 1 heterocycles. The lowest BCUT2D eigenvalue weighted by molar-refractivity contribution is -0.115. The number of ether oxygens (including phenoxy) is 1. The van der Waals surface area contributed by atoms with E-state index in [2.05, 4.69) is 10.3 Å². The summed E-state index contributed by atoms with van der Waals surface area (Å²) in [5, 5.41) is 12.5. The zero-order valence-corrected chi connectivity index (χ0v) is 19.2. The van der Waals surface area contributed by atoms with E-state index in [1.165, 1.54) is 0 Å². The van der Waals surface area contributed by atoms with Gasteiger partial charge in [0, 0.05) is 12.0 Å². The molecule has 2 N–H and O–H groups in total.